The van der Waals surface area contributed by atoms with Crippen LogP contribution in [0.2, 0.25) is 0 Å². The highest BCUT2D eigenvalue weighted by Crippen LogP contribution is 2.51. The van der Waals surface area contributed by atoms with Gasteiger partial charge in [-0.15, -0.1) is 0 Å². The van der Waals surface area contributed by atoms with Gasteiger partial charge in [-0.2, -0.15) is 16.8 Å². The maximum atomic E-state index is 13.0. The van der Waals surface area contributed by atoms with Crippen molar-refractivity contribution in [1.82, 2.24) is 0 Å². The van der Waals surface area contributed by atoms with E-state index >= 15 is 0 Å². The minimum absolute atomic E-state index is 0.541. The van der Waals surface area contributed by atoms with E-state index < -0.39 is 83.3 Å². The predicted octanol–water partition coefficient (Wildman–Crippen LogP) is 1.27. The fraction of sp³-hybridized carbons (Fsp3) is 0. The third-order valence-corrected chi connectivity index (χ3v) is 6.92. The molecule has 0 aromatic heterocycles. The lowest BCUT2D eigenvalue weighted by Crippen LogP contribution is -2.16. The Morgan fingerprint density at radius 2 is 1.14 bits per heavy atom. The molecule has 1 aliphatic rings. The Labute approximate surface area is 163 Å². The largest absolute Gasteiger partial charge is 0.451 e. The van der Waals surface area contributed by atoms with Crippen LogP contribution in [-0.2, 0) is 31.0 Å². The minimum atomic E-state index is -5.12. The SMILES string of the molecule is O=[N+]([O-])c1ccc(S(=O)(=O)O)c2c1S(=O)c1c([N+](=O)[O-])ccc(S(=O)(=O)O)c1O2. The highest BCUT2D eigenvalue weighted by molar-refractivity contribution is 7.87. The second-order valence-electron chi connectivity index (χ2n) is 5.32. The van der Waals surface area contributed by atoms with Crippen molar-refractivity contribution in [2.75, 3.05) is 0 Å². The van der Waals surface area contributed by atoms with Crippen molar-refractivity contribution in [3.63, 3.8) is 0 Å². The Balaban J connectivity index is 2.52. The summed E-state index contributed by atoms with van der Waals surface area (Å²) in [7, 11) is -13.1. The van der Waals surface area contributed by atoms with Crippen LogP contribution in [0, 0.1) is 20.2 Å². The van der Waals surface area contributed by atoms with Crippen LogP contribution in [-0.4, -0.2) is 40.0 Å². The maximum absolute atomic E-state index is 13.0. The molecule has 0 radical (unpaired) electrons. The zero-order chi connectivity index (χ0) is 21.9. The number of hydrogen-bond donors (Lipinski definition) is 2. The number of ether oxygens (including phenoxy) is 1. The highest BCUT2D eigenvalue weighted by Gasteiger charge is 2.42. The second-order valence-corrected chi connectivity index (χ2v) is 9.45. The summed E-state index contributed by atoms with van der Waals surface area (Å²) in [6.45, 7) is 0. The summed E-state index contributed by atoms with van der Waals surface area (Å²) in [5.41, 5.74) is -1.94. The molecule has 154 valence electrons. The first-order valence-electron chi connectivity index (χ1n) is 6.92. The quantitative estimate of drug-likeness (QED) is 0.315. The lowest BCUT2D eigenvalue weighted by molar-refractivity contribution is -0.388. The number of benzene rings is 2. The Morgan fingerprint density at radius 3 is 1.41 bits per heavy atom. The van der Waals surface area contributed by atoms with Gasteiger partial charge in [0.1, 0.15) is 20.6 Å². The zero-order valence-electron chi connectivity index (χ0n) is 13.4. The molecule has 0 aliphatic carbocycles. The molecular weight excluding hydrogens is 460 g/mol. The van der Waals surface area contributed by atoms with Crippen LogP contribution in [0.15, 0.2) is 43.8 Å². The number of hydrogen-bond acceptors (Lipinski definition) is 10. The first-order valence-corrected chi connectivity index (χ1v) is 11.0. The molecule has 0 saturated carbocycles. The molecule has 0 bridgehead atoms. The fourth-order valence-electron chi connectivity index (χ4n) is 2.52. The van der Waals surface area contributed by atoms with Gasteiger partial charge in [0.25, 0.3) is 31.6 Å². The van der Waals surface area contributed by atoms with E-state index in [1.165, 1.54) is 0 Å². The van der Waals surface area contributed by atoms with Gasteiger partial charge >= 0.3 is 0 Å². The van der Waals surface area contributed by atoms with Crippen molar-refractivity contribution in [1.29, 1.82) is 0 Å². The molecule has 0 atom stereocenters. The van der Waals surface area contributed by atoms with Gasteiger partial charge in [0, 0.05) is 12.1 Å². The van der Waals surface area contributed by atoms with Gasteiger partial charge in [0.05, 0.1) is 9.85 Å². The minimum Gasteiger partial charge on any atom is -0.451 e. The summed E-state index contributed by atoms with van der Waals surface area (Å²) >= 11 is 0. The van der Waals surface area contributed by atoms with E-state index in [-0.39, 0.29) is 0 Å². The first-order chi connectivity index (χ1) is 13.2. The molecule has 1 aliphatic heterocycles. The van der Waals surface area contributed by atoms with Gasteiger partial charge in [-0.1, -0.05) is 0 Å². The van der Waals surface area contributed by atoms with E-state index in [0.717, 1.165) is 0 Å². The van der Waals surface area contributed by atoms with Crippen molar-refractivity contribution < 1.29 is 44.7 Å². The number of fused-ring (bicyclic) bond motifs is 2. The third kappa shape index (κ3) is 3.34. The summed E-state index contributed by atoms with van der Waals surface area (Å²) in [6, 6.07) is 2.23. The fourth-order valence-corrected chi connectivity index (χ4v) is 5.39. The molecule has 29 heavy (non-hydrogen) atoms. The van der Waals surface area contributed by atoms with Crippen molar-refractivity contribution in [3.8, 4) is 11.5 Å². The molecule has 14 nitrogen and oxygen atoms in total. The monoisotopic (exact) mass is 466 g/mol. The molecule has 2 N–H and O–H groups in total. The van der Waals surface area contributed by atoms with Crippen LogP contribution >= 0.6 is 0 Å². The summed E-state index contributed by atoms with van der Waals surface area (Å²) in [5.74, 6) is -2.14. The molecule has 2 aromatic rings. The van der Waals surface area contributed by atoms with Gasteiger partial charge in [-0.3, -0.25) is 29.3 Å². The summed E-state index contributed by atoms with van der Waals surface area (Å²) < 4.78 is 83.1. The van der Waals surface area contributed by atoms with Gasteiger partial charge in [-0.25, -0.2) is 4.21 Å². The smallest absolute Gasteiger partial charge is 0.298 e. The topological polar surface area (TPSA) is 221 Å². The average molecular weight is 466 g/mol. The zero-order valence-corrected chi connectivity index (χ0v) is 15.9. The van der Waals surface area contributed by atoms with E-state index in [4.69, 9.17) is 4.74 Å². The van der Waals surface area contributed by atoms with Gasteiger partial charge < -0.3 is 4.74 Å². The molecule has 0 saturated heterocycles. The summed E-state index contributed by atoms with van der Waals surface area (Å²) in [6.07, 6.45) is 0. The van der Waals surface area contributed by atoms with E-state index in [1.54, 1.807) is 0 Å². The molecule has 17 heteroatoms. The molecule has 0 amide bonds. The molecule has 2 aromatic carbocycles. The van der Waals surface area contributed by atoms with Crippen molar-refractivity contribution >= 4 is 42.4 Å². The van der Waals surface area contributed by atoms with Gasteiger partial charge in [0.15, 0.2) is 21.3 Å². The van der Waals surface area contributed by atoms with E-state index in [1.807, 2.05) is 0 Å². The molecular formula is C12H6N2O12S3. The van der Waals surface area contributed by atoms with Crippen LogP contribution in [0.5, 0.6) is 11.5 Å². The third-order valence-electron chi connectivity index (χ3n) is 3.63. The summed E-state index contributed by atoms with van der Waals surface area (Å²) in [4.78, 5) is 16.3. The number of nitrogens with zero attached hydrogens (tertiary/aromatic N) is 2. The molecule has 3 rings (SSSR count). The average Bonchev–Trinajstić information content (AvgIpc) is 2.57. The second kappa shape index (κ2) is 6.52. The van der Waals surface area contributed by atoms with Crippen LogP contribution in [0.1, 0.15) is 0 Å². The molecule has 1 heterocycles. The highest BCUT2D eigenvalue weighted by atomic mass is 32.2. The van der Waals surface area contributed by atoms with E-state index in [0.29, 0.717) is 24.3 Å². The number of rotatable bonds is 4. The lowest BCUT2D eigenvalue weighted by Gasteiger charge is -2.22. The van der Waals surface area contributed by atoms with Crippen molar-refractivity contribution in [2.24, 2.45) is 0 Å². The lowest BCUT2D eigenvalue weighted by atomic mass is 10.2. The Kier molecular flexibility index (Phi) is 4.67. The molecule has 0 fully saturated rings. The standard InChI is InChI=1S/C12H6N2O12S3/c15-13(16)5-1-3-7(28(20,21)22)9-11(5)27(19)12-6(14(17)18)2-4-8(10(12)26-9)29(23,24)25/h1-4H,(H,20,21,22)(H,23,24,25). The Hall–Kier alpha value is -2.99. The summed E-state index contributed by atoms with van der Waals surface area (Å²) in [5, 5.41) is 22.5. The molecule has 0 unspecified atom stereocenters. The van der Waals surface area contributed by atoms with Crippen LogP contribution in [0.4, 0.5) is 11.4 Å². The Morgan fingerprint density at radius 1 is 0.793 bits per heavy atom. The van der Waals surface area contributed by atoms with Crippen molar-refractivity contribution in [3.05, 3.63) is 44.5 Å². The van der Waals surface area contributed by atoms with Gasteiger partial charge in [0.2, 0.25) is 0 Å². The normalized spacial score (nSPS) is 13.9. The Bertz CT molecular complexity index is 1250. The number of nitro groups is 2. The van der Waals surface area contributed by atoms with E-state index in [9.17, 15) is 50.4 Å². The maximum Gasteiger partial charge on any atom is 0.298 e. The first kappa shape index (κ1) is 20.7. The number of nitro benzene ring substituents is 2. The van der Waals surface area contributed by atoms with Crippen LogP contribution in [0.25, 0.3) is 0 Å². The van der Waals surface area contributed by atoms with Crippen LogP contribution < -0.4 is 4.74 Å². The van der Waals surface area contributed by atoms with Crippen LogP contribution in [0.3, 0.4) is 0 Å². The van der Waals surface area contributed by atoms with E-state index in [2.05, 4.69) is 0 Å². The van der Waals surface area contributed by atoms with Crippen molar-refractivity contribution in [2.45, 2.75) is 19.6 Å². The molecule has 0 spiro atoms. The van der Waals surface area contributed by atoms with Gasteiger partial charge in [-0.05, 0) is 12.1 Å². The predicted molar refractivity (Wildman–Crippen MR) is 90.6 cm³/mol.